The molecule has 0 aromatic carbocycles. The maximum atomic E-state index is 11.7. The van der Waals surface area contributed by atoms with Crippen LogP contribution in [0.15, 0.2) is 6.07 Å². The van der Waals surface area contributed by atoms with Crippen LogP contribution in [0.4, 0.5) is 0 Å². The van der Waals surface area contributed by atoms with Gasteiger partial charge < -0.3 is 0 Å². The lowest BCUT2D eigenvalue weighted by molar-refractivity contribution is 0.0928. The van der Waals surface area contributed by atoms with Crippen molar-refractivity contribution in [3.05, 3.63) is 17.5 Å². The number of carbonyl (C=O) groups is 1. The highest BCUT2D eigenvalue weighted by Crippen LogP contribution is 2.10. The number of nitrogens with zero attached hydrogens (tertiary/aromatic N) is 2. The Hall–Kier alpha value is -1.12. The number of hydrogen-bond donors (Lipinski definition) is 0. The Balaban J connectivity index is 3.05. The van der Waals surface area contributed by atoms with Crippen LogP contribution < -0.4 is 0 Å². The van der Waals surface area contributed by atoms with Crippen LogP contribution in [0.25, 0.3) is 0 Å². The molecule has 1 aromatic rings. The molecule has 0 aliphatic rings. The molecule has 0 saturated heterocycles. The molecule has 1 aromatic heterocycles. The van der Waals surface area contributed by atoms with E-state index in [1.165, 1.54) is 0 Å². The lowest BCUT2D eigenvalue weighted by Gasteiger charge is -2.05. The third-order valence-corrected chi connectivity index (χ3v) is 1.98. The fourth-order valence-electron chi connectivity index (χ4n) is 1.28. The van der Waals surface area contributed by atoms with E-state index in [4.69, 9.17) is 0 Å². The van der Waals surface area contributed by atoms with E-state index in [0.29, 0.717) is 0 Å². The summed E-state index contributed by atoms with van der Waals surface area (Å²) < 4.78 is 1.76. The van der Waals surface area contributed by atoms with E-state index in [9.17, 15) is 4.79 Å². The quantitative estimate of drug-likeness (QED) is 0.667. The van der Waals surface area contributed by atoms with Crippen molar-refractivity contribution < 1.29 is 4.79 Å². The molecule has 72 valence electrons. The van der Waals surface area contributed by atoms with Crippen molar-refractivity contribution in [1.82, 2.24) is 9.78 Å². The zero-order valence-corrected chi connectivity index (χ0v) is 8.66. The molecule has 0 saturated carbocycles. The lowest BCUT2D eigenvalue weighted by atomic mass is 10.1. The SMILES string of the molecule is CCn1nc(C)cc1C(=O)C(C)C. The predicted octanol–water partition coefficient (Wildman–Crippen LogP) is 2.05. The summed E-state index contributed by atoms with van der Waals surface area (Å²) in [6.07, 6.45) is 0. The van der Waals surface area contributed by atoms with Gasteiger partial charge in [0.2, 0.25) is 0 Å². The molecule has 3 nitrogen and oxygen atoms in total. The standard InChI is InChI=1S/C10H16N2O/c1-5-12-9(6-8(4)11-12)10(13)7(2)3/h6-7H,5H2,1-4H3. The molecule has 0 spiro atoms. The van der Waals surface area contributed by atoms with Gasteiger partial charge in [0.15, 0.2) is 5.78 Å². The molecule has 0 bridgehead atoms. The van der Waals surface area contributed by atoms with Crippen LogP contribution in [0.5, 0.6) is 0 Å². The summed E-state index contributed by atoms with van der Waals surface area (Å²) in [6, 6.07) is 1.85. The molecule has 3 heteroatoms. The van der Waals surface area contributed by atoms with Gasteiger partial charge in [-0.05, 0) is 19.9 Å². The lowest BCUT2D eigenvalue weighted by Crippen LogP contribution is -2.14. The molecule has 1 heterocycles. The summed E-state index contributed by atoms with van der Waals surface area (Å²) >= 11 is 0. The van der Waals surface area contributed by atoms with Crippen LogP contribution in [0, 0.1) is 12.8 Å². The minimum absolute atomic E-state index is 0.0430. The summed E-state index contributed by atoms with van der Waals surface area (Å²) in [5, 5.41) is 4.23. The van der Waals surface area contributed by atoms with Gasteiger partial charge in [-0.25, -0.2) is 0 Å². The summed E-state index contributed by atoms with van der Waals surface area (Å²) in [7, 11) is 0. The first-order valence-corrected chi connectivity index (χ1v) is 4.65. The van der Waals surface area contributed by atoms with Gasteiger partial charge in [-0.15, -0.1) is 0 Å². The van der Waals surface area contributed by atoms with Crippen LogP contribution in [0.3, 0.4) is 0 Å². The van der Waals surface area contributed by atoms with Gasteiger partial charge in [-0.2, -0.15) is 5.10 Å². The van der Waals surface area contributed by atoms with Gasteiger partial charge in [0.05, 0.1) is 5.69 Å². The number of Topliss-reactive ketones (excluding diaryl/α,β-unsaturated/α-hetero) is 1. The summed E-state index contributed by atoms with van der Waals surface area (Å²) in [6.45, 7) is 8.46. The first kappa shape index (κ1) is 9.96. The predicted molar refractivity (Wildman–Crippen MR) is 51.8 cm³/mol. The molecule has 0 amide bonds. The Bertz CT molecular complexity index is 313. The van der Waals surface area contributed by atoms with Crippen molar-refractivity contribution in [3.63, 3.8) is 0 Å². The molecule has 0 radical (unpaired) electrons. The van der Waals surface area contributed by atoms with Crippen molar-refractivity contribution in [2.75, 3.05) is 0 Å². The van der Waals surface area contributed by atoms with Crippen LogP contribution in [-0.2, 0) is 6.54 Å². The number of ketones is 1. The molecule has 13 heavy (non-hydrogen) atoms. The molecular formula is C10H16N2O. The van der Waals surface area contributed by atoms with E-state index < -0.39 is 0 Å². The number of hydrogen-bond acceptors (Lipinski definition) is 2. The third-order valence-electron chi connectivity index (χ3n) is 1.98. The van der Waals surface area contributed by atoms with Crippen molar-refractivity contribution >= 4 is 5.78 Å². The first-order valence-electron chi connectivity index (χ1n) is 4.65. The molecule has 0 N–H and O–H groups in total. The Morgan fingerprint density at radius 2 is 2.23 bits per heavy atom. The molecule has 0 atom stereocenters. The van der Waals surface area contributed by atoms with Gasteiger partial charge in [-0.3, -0.25) is 9.48 Å². The Morgan fingerprint density at radius 1 is 1.62 bits per heavy atom. The minimum atomic E-state index is 0.0430. The second-order valence-corrected chi connectivity index (χ2v) is 3.51. The largest absolute Gasteiger partial charge is 0.292 e. The van der Waals surface area contributed by atoms with Crippen molar-refractivity contribution in [2.24, 2.45) is 5.92 Å². The number of carbonyl (C=O) groups excluding carboxylic acids is 1. The second kappa shape index (κ2) is 3.73. The fourth-order valence-corrected chi connectivity index (χ4v) is 1.28. The van der Waals surface area contributed by atoms with E-state index in [1.807, 2.05) is 33.8 Å². The second-order valence-electron chi connectivity index (χ2n) is 3.51. The molecule has 0 aliphatic carbocycles. The maximum Gasteiger partial charge on any atom is 0.183 e. The molecule has 0 aliphatic heterocycles. The summed E-state index contributed by atoms with van der Waals surface area (Å²) in [4.78, 5) is 11.7. The zero-order chi connectivity index (χ0) is 10.0. The smallest absolute Gasteiger partial charge is 0.183 e. The minimum Gasteiger partial charge on any atom is -0.292 e. The molecule has 0 unspecified atom stereocenters. The maximum absolute atomic E-state index is 11.7. The molecule has 0 fully saturated rings. The van der Waals surface area contributed by atoms with Crippen molar-refractivity contribution in [1.29, 1.82) is 0 Å². The Kier molecular flexibility index (Phi) is 2.86. The summed E-state index contributed by atoms with van der Waals surface area (Å²) in [5.74, 6) is 0.212. The normalized spacial score (nSPS) is 10.8. The number of aromatic nitrogens is 2. The summed E-state index contributed by atoms with van der Waals surface area (Å²) in [5.41, 5.74) is 1.64. The van der Waals surface area contributed by atoms with Gasteiger partial charge in [0, 0.05) is 12.5 Å². The highest BCUT2D eigenvalue weighted by atomic mass is 16.1. The number of rotatable bonds is 3. The van der Waals surface area contributed by atoms with Gasteiger partial charge >= 0.3 is 0 Å². The van der Waals surface area contributed by atoms with Crippen molar-refractivity contribution in [2.45, 2.75) is 34.2 Å². The Labute approximate surface area is 78.8 Å². The first-order chi connectivity index (χ1) is 6.06. The van der Waals surface area contributed by atoms with E-state index in [-0.39, 0.29) is 11.7 Å². The average molecular weight is 180 g/mol. The van der Waals surface area contributed by atoms with Gasteiger partial charge in [-0.1, -0.05) is 13.8 Å². The van der Waals surface area contributed by atoms with E-state index in [0.717, 1.165) is 17.9 Å². The average Bonchev–Trinajstić information content (AvgIpc) is 2.45. The monoisotopic (exact) mass is 180 g/mol. The third kappa shape index (κ3) is 1.97. The van der Waals surface area contributed by atoms with Crippen LogP contribution in [0.1, 0.15) is 37.0 Å². The van der Waals surface area contributed by atoms with E-state index >= 15 is 0 Å². The van der Waals surface area contributed by atoms with Gasteiger partial charge in [0.1, 0.15) is 5.69 Å². The van der Waals surface area contributed by atoms with E-state index in [2.05, 4.69) is 5.10 Å². The zero-order valence-electron chi connectivity index (χ0n) is 8.66. The van der Waals surface area contributed by atoms with E-state index in [1.54, 1.807) is 4.68 Å². The fraction of sp³-hybridized carbons (Fsp3) is 0.600. The number of aryl methyl sites for hydroxylation is 2. The van der Waals surface area contributed by atoms with Gasteiger partial charge in [0.25, 0.3) is 0 Å². The van der Waals surface area contributed by atoms with Crippen LogP contribution >= 0.6 is 0 Å². The Morgan fingerprint density at radius 3 is 2.69 bits per heavy atom. The highest BCUT2D eigenvalue weighted by Gasteiger charge is 2.15. The molecular weight excluding hydrogens is 164 g/mol. The van der Waals surface area contributed by atoms with Crippen molar-refractivity contribution in [3.8, 4) is 0 Å². The topological polar surface area (TPSA) is 34.9 Å². The van der Waals surface area contributed by atoms with Crippen LogP contribution in [0.2, 0.25) is 0 Å². The highest BCUT2D eigenvalue weighted by molar-refractivity contribution is 5.95. The molecule has 1 rings (SSSR count). The van der Waals surface area contributed by atoms with Crippen LogP contribution in [-0.4, -0.2) is 15.6 Å².